The van der Waals surface area contributed by atoms with Crippen LogP contribution < -0.4 is 5.73 Å². The Balaban J connectivity index is 1.45. The topological polar surface area (TPSA) is 133 Å². The van der Waals surface area contributed by atoms with Crippen LogP contribution in [-0.4, -0.2) is 55.9 Å². The number of hydrogen-bond acceptors (Lipinski definition) is 11. The van der Waals surface area contributed by atoms with Crippen LogP contribution >= 0.6 is 19.6 Å². The van der Waals surface area contributed by atoms with E-state index in [1.54, 1.807) is 6.33 Å². The summed E-state index contributed by atoms with van der Waals surface area (Å²) < 4.78 is 38.7. The van der Waals surface area contributed by atoms with E-state index < -0.39 is 7.82 Å². The van der Waals surface area contributed by atoms with Crippen molar-refractivity contribution in [1.82, 2.24) is 19.5 Å². The molecular weight excluding hydrogens is 649 g/mol. The monoisotopic (exact) mass is 713 g/mol. The molecule has 0 aliphatic carbocycles. The van der Waals surface area contributed by atoms with Crippen LogP contribution in [0.5, 0.6) is 0 Å². The molecule has 3 rings (SSSR count). The molecule has 5 atom stereocenters. The maximum atomic E-state index is 13.7. The minimum atomic E-state index is -3.97. The van der Waals surface area contributed by atoms with Crippen molar-refractivity contribution in [3.8, 4) is 0 Å². The molecule has 13 heteroatoms. The number of imidazole rings is 1. The lowest BCUT2D eigenvalue weighted by Gasteiger charge is -2.25. The van der Waals surface area contributed by atoms with E-state index in [0.29, 0.717) is 36.2 Å². The Morgan fingerprint density at radius 2 is 1.56 bits per heavy atom. The lowest BCUT2D eigenvalue weighted by atomic mass is 10.1. The zero-order chi connectivity index (χ0) is 34.5. The van der Waals surface area contributed by atoms with E-state index in [0.717, 1.165) is 18.6 Å². The van der Waals surface area contributed by atoms with E-state index in [-0.39, 0.29) is 36.9 Å². The van der Waals surface area contributed by atoms with Crippen molar-refractivity contribution >= 4 is 36.6 Å². The van der Waals surface area contributed by atoms with Crippen molar-refractivity contribution in [2.75, 3.05) is 24.7 Å². The zero-order valence-corrected chi connectivity index (χ0v) is 31.9. The highest BCUT2D eigenvalue weighted by atomic mass is 32.2. The maximum absolute atomic E-state index is 13.7. The fraction of sp³-hybridized carbons (Fsp3) is 0.857. The summed E-state index contributed by atoms with van der Waals surface area (Å²) in [5.74, 6) is 1.42. The van der Waals surface area contributed by atoms with E-state index in [4.69, 9.17) is 29.1 Å². The lowest BCUT2D eigenvalue weighted by molar-refractivity contribution is -0.257. The van der Waals surface area contributed by atoms with Gasteiger partial charge in [-0.25, -0.2) is 24.4 Å². The van der Waals surface area contributed by atoms with Crippen LogP contribution in [0.25, 0.3) is 11.2 Å². The van der Waals surface area contributed by atoms with Crippen LogP contribution in [0.15, 0.2) is 12.7 Å². The molecule has 276 valence electrons. The molecule has 1 fully saturated rings. The second kappa shape index (κ2) is 24.0. The Labute approximate surface area is 294 Å². The van der Waals surface area contributed by atoms with Crippen LogP contribution in [0.1, 0.15) is 156 Å². The highest BCUT2D eigenvalue weighted by molar-refractivity contribution is 7.99. The van der Waals surface area contributed by atoms with Gasteiger partial charge in [0, 0.05) is 5.25 Å². The molecule has 2 aromatic rings. The standard InChI is InChI=1S/C35H64N5O6PS/c1-5-8-10-12-13-14-15-16-18-20-25-48-31(21-19-17-11-9-6-2)29(4)45-46-47(41,42-24-7-3)43-26-30-22-23-32(44-30)40-28-39-33-34(36)37-27-38-35(33)40/h27-32H,5-26H2,1-4H3,(H2,36,37,38)/t29?,30-,31?,32+,47?/m0/s1. The molecule has 1 saturated heterocycles. The van der Waals surface area contributed by atoms with Gasteiger partial charge in [-0.3, -0.25) is 13.6 Å². The Morgan fingerprint density at radius 1 is 0.896 bits per heavy atom. The number of hydrogen-bond donors (Lipinski definition) is 1. The summed E-state index contributed by atoms with van der Waals surface area (Å²) in [6, 6.07) is 0. The van der Waals surface area contributed by atoms with Gasteiger partial charge in [-0.1, -0.05) is 111 Å². The van der Waals surface area contributed by atoms with Gasteiger partial charge < -0.3 is 10.5 Å². The number of nitrogens with two attached hydrogens (primary N) is 1. The summed E-state index contributed by atoms with van der Waals surface area (Å²) in [6.07, 6.45) is 24.8. The summed E-state index contributed by atoms with van der Waals surface area (Å²) in [7, 11) is -3.97. The third-order valence-corrected chi connectivity index (χ3v) is 11.7. The molecule has 0 aromatic carbocycles. The molecule has 1 aliphatic rings. The molecule has 1 aliphatic heterocycles. The van der Waals surface area contributed by atoms with Gasteiger partial charge in [0.25, 0.3) is 0 Å². The third-order valence-electron chi connectivity index (χ3n) is 8.89. The maximum Gasteiger partial charge on any atom is 0.502 e. The molecule has 3 unspecified atom stereocenters. The summed E-state index contributed by atoms with van der Waals surface area (Å²) in [5.41, 5.74) is 7.10. The molecule has 2 aromatic heterocycles. The Kier molecular flexibility index (Phi) is 20.6. The normalized spacial score (nSPS) is 19.2. The fourth-order valence-electron chi connectivity index (χ4n) is 5.96. The number of thioether (sulfide) groups is 1. The molecular formula is C35H64N5O6PS. The van der Waals surface area contributed by atoms with Gasteiger partial charge in [-0.2, -0.15) is 11.8 Å². The molecule has 11 nitrogen and oxygen atoms in total. The van der Waals surface area contributed by atoms with Crippen molar-refractivity contribution in [1.29, 1.82) is 0 Å². The second-order valence-corrected chi connectivity index (χ2v) is 16.0. The van der Waals surface area contributed by atoms with E-state index in [2.05, 4.69) is 28.8 Å². The number of phosphoric ester groups is 1. The van der Waals surface area contributed by atoms with Crippen LogP contribution in [-0.2, 0) is 27.9 Å². The molecule has 48 heavy (non-hydrogen) atoms. The third kappa shape index (κ3) is 14.9. The van der Waals surface area contributed by atoms with Gasteiger partial charge in [0.05, 0.1) is 25.6 Å². The number of unbranched alkanes of at least 4 members (excludes halogenated alkanes) is 13. The van der Waals surface area contributed by atoms with Gasteiger partial charge in [-0.15, -0.1) is 4.67 Å². The highest BCUT2D eigenvalue weighted by Crippen LogP contribution is 2.51. The Morgan fingerprint density at radius 3 is 2.25 bits per heavy atom. The van der Waals surface area contributed by atoms with Gasteiger partial charge in [0.2, 0.25) is 0 Å². The first-order chi connectivity index (χ1) is 23.4. The van der Waals surface area contributed by atoms with Crippen molar-refractivity contribution in [3.63, 3.8) is 0 Å². The molecule has 0 bridgehead atoms. The predicted octanol–water partition coefficient (Wildman–Crippen LogP) is 10.4. The summed E-state index contributed by atoms with van der Waals surface area (Å²) in [5, 5.41) is 0.242. The number of phosphoric acid groups is 1. The molecule has 3 heterocycles. The minimum Gasteiger partial charge on any atom is -0.382 e. The molecule has 0 spiro atoms. The average molecular weight is 714 g/mol. The number of aromatic nitrogens is 4. The highest BCUT2D eigenvalue weighted by Gasteiger charge is 2.35. The minimum absolute atomic E-state index is 0.0489. The van der Waals surface area contributed by atoms with Crippen LogP contribution in [0, 0.1) is 0 Å². The molecule has 0 amide bonds. The number of nitrogen functional groups attached to an aromatic ring is 1. The SMILES string of the molecule is CCCCCCCCCCCCSC(CCCCCCC)C(C)OOP(=O)(OCCC)OC[C@@H]1CC[C@H](n2cnc3c(N)ncnc32)O1. The first kappa shape index (κ1) is 41.2. The second-order valence-electron chi connectivity index (χ2n) is 13.1. The molecule has 0 radical (unpaired) electrons. The van der Waals surface area contributed by atoms with E-state index in [1.165, 1.54) is 96.2 Å². The van der Waals surface area contributed by atoms with Gasteiger partial charge >= 0.3 is 7.82 Å². The fourth-order valence-corrected chi connectivity index (χ4v) is 8.44. The van der Waals surface area contributed by atoms with E-state index in [1.807, 2.05) is 30.2 Å². The van der Waals surface area contributed by atoms with Crippen molar-refractivity contribution in [3.05, 3.63) is 12.7 Å². The number of rotatable bonds is 29. The lowest BCUT2D eigenvalue weighted by Crippen LogP contribution is -2.24. The Hall–Kier alpha value is -1.27. The summed E-state index contributed by atoms with van der Waals surface area (Å²) in [6.45, 7) is 8.75. The van der Waals surface area contributed by atoms with E-state index in [9.17, 15) is 4.57 Å². The van der Waals surface area contributed by atoms with E-state index >= 15 is 0 Å². The zero-order valence-electron chi connectivity index (χ0n) is 30.2. The number of anilines is 1. The van der Waals surface area contributed by atoms with Crippen LogP contribution in [0.2, 0.25) is 0 Å². The number of nitrogens with zero attached hydrogens (tertiary/aromatic N) is 4. The first-order valence-electron chi connectivity index (χ1n) is 18.8. The average Bonchev–Trinajstić information content (AvgIpc) is 3.75. The Bertz CT molecular complexity index is 1180. The van der Waals surface area contributed by atoms with Crippen molar-refractivity contribution in [2.45, 2.75) is 173 Å². The van der Waals surface area contributed by atoms with Gasteiger partial charge in [0.1, 0.15) is 24.2 Å². The summed E-state index contributed by atoms with van der Waals surface area (Å²) in [4.78, 5) is 18.5. The quantitative estimate of drug-likeness (QED) is 0.0374. The number of ether oxygens (including phenoxy) is 1. The van der Waals surface area contributed by atoms with Crippen molar-refractivity contribution < 1.29 is 27.9 Å². The summed E-state index contributed by atoms with van der Waals surface area (Å²) >= 11 is 1.95. The predicted molar refractivity (Wildman–Crippen MR) is 196 cm³/mol. The largest absolute Gasteiger partial charge is 0.502 e. The molecule has 0 saturated carbocycles. The van der Waals surface area contributed by atoms with Crippen LogP contribution in [0.4, 0.5) is 5.82 Å². The van der Waals surface area contributed by atoms with Gasteiger partial charge in [-0.05, 0) is 44.8 Å². The van der Waals surface area contributed by atoms with Crippen LogP contribution in [0.3, 0.4) is 0 Å². The van der Waals surface area contributed by atoms with Gasteiger partial charge in [0.15, 0.2) is 11.5 Å². The first-order valence-corrected chi connectivity index (χ1v) is 21.4. The van der Waals surface area contributed by atoms with Crippen molar-refractivity contribution in [2.24, 2.45) is 0 Å². The number of fused-ring (bicyclic) bond motifs is 1. The smallest absolute Gasteiger partial charge is 0.382 e. The molecule has 2 N–H and O–H groups in total.